The molecular formula is C14H19BrO2S. The van der Waals surface area contributed by atoms with E-state index in [-0.39, 0.29) is 5.97 Å². The lowest BCUT2D eigenvalue weighted by Crippen LogP contribution is -2.30. The third kappa shape index (κ3) is 3.51. The van der Waals surface area contributed by atoms with Gasteiger partial charge in [-0.15, -0.1) is 11.8 Å². The Hall–Kier alpha value is -0.480. The lowest BCUT2D eigenvalue weighted by atomic mass is 9.85. The fourth-order valence-electron chi connectivity index (χ4n) is 1.61. The molecule has 0 amide bonds. The highest BCUT2D eigenvalue weighted by atomic mass is 79.9. The van der Waals surface area contributed by atoms with Crippen molar-refractivity contribution in [3.05, 3.63) is 28.2 Å². The third-order valence-corrected chi connectivity index (χ3v) is 4.71. The van der Waals surface area contributed by atoms with Crippen LogP contribution in [0.4, 0.5) is 0 Å². The van der Waals surface area contributed by atoms with Gasteiger partial charge in [0.05, 0.1) is 12.5 Å². The number of ether oxygens (including phenoxy) is 1. The molecule has 18 heavy (non-hydrogen) atoms. The predicted molar refractivity (Wildman–Crippen MR) is 80.2 cm³/mol. The van der Waals surface area contributed by atoms with E-state index in [1.165, 1.54) is 12.0 Å². The van der Waals surface area contributed by atoms with Gasteiger partial charge in [0.2, 0.25) is 0 Å². The predicted octanol–water partition coefficient (Wildman–Crippen LogP) is 4.40. The molecule has 0 saturated heterocycles. The van der Waals surface area contributed by atoms with E-state index in [1.54, 1.807) is 11.8 Å². The van der Waals surface area contributed by atoms with Crippen LogP contribution in [0.15, 0.2) is 27.6 Å². The second kappa shape index (κ2) is 6.11. The third-order valence-electron chi connectivity index (χ3n) is 2.71. The minimum Gasteiger partial charge on any atom is -0.468 e. The van der Waals surface area contributed by atoms with Crippen molar-refractivity contribution in [2.45, 2.75) is 43.3 Å². The van der Waals surface area contributed by atoms with Crippen molar-refractivity contribution in [3.63, 3.8) is 0 Å². The Morgan fingerprint density at radius 1 is 1.39 bits per heavy atom. The molecule has 0 fully saturated rings. The molecule has 0 saturated carbocycles. The van der Waals surface area contributed by atoms with Crippen molar-refractivity contribution in [2.75, 3.05) is 7.11 Å². The van der Waals surface area contributed by atoms with E-state index in [0.717, 1.165) is 10.0 Å². The van der Waals surface area contributed by atoms with E-state index in [4.69, 9.17) is 4.74 Å². The summed E-state index contributed by atoms with van der Waals surface area (Å²) in [6.07, 6.45) is 0. The average molecular weight is 331 g/mol. The molecule has 0 bridgehead atoms. The van der Waals surface area contributed by atoms with Crippen LogP contribution in [-0.2, 0) is 14.9 Å². The fourth-order valence-corrected chi connectivity index (χ4v) is 3.10. The maximum Gasteiger partial charge on any atom is 0.315 e. The van der Waals surface area contributed by atoms with E-state index in [1.807, 2.05) is 26.0 Å². The van der Waals surface area contributed by atoms with E-state index >= 15 is 0 Å². The maximum atomic E-state index is 11.8. The zero-order valence-corrected chi connectivity index (χ0v) is 13.8. The summed E-state index contributed by atoms with van der Waals surface area (Å²) in [7, 11) is 1.42. The van der Waals surface area contributed by atoms with Gasteiger partial charge in [-0.3, -0.25) is 4.79 Å². The first kappa shape index (κ1) is 15.6. The van der Waals surface area contributed by atoms with Crippen molar-refractivity contribution in [1.29, 1.82) is 0 Å². The van der Waals surface area contributed by atoms with Crippen molar-refractivity contribution >= 4 is 33.7 Å². The smallest absolute Gasteiger partial charge is 0.315 e. The molecule has 100 valence electrons. The fraction of sp³-hybridized carbons (Fsp3) is 0.500. The van der Waals surface area contributed by atoms with Crippen LogP contribution in [0.3, 0.4) is 0 Å². The Bertz CT molecular complexity index is 441. The molecule has 0 N–H and O–H groups in total. The molecule has 0 atom stereocenters. The molecule has 0 aliphatic rings. The minimum atomic E-state index is -0.627. The lowest BCUT2D eigenvalue weighted by Gasteiger charge is -2.23. The minimum absolute atomic E-state index is 0.223. The highest BCUT2D eigenvalue weighted by Gasteiger charge is 2.31. The summed E-state index contributed by atoms with van der Waals surface area (Å²) in [5, 5.41) is 0.528. The Morgan fingerprint density at radius 3 is 2.44 bits per heavy atom. The Morgan fingerprint density at radius 2 is 2.00 bits per heavy atom. The summed E-state index contributed by atoms with van der Waals surface area (Å²) in [5.41, 5.74) is 0.326. The molecule has 1 aromatic rings. The summed E-state index contributed by atoms with van der Waals surface area (Å²) in [5.74, 6) is -0.223. The quantitative estimate of drug-likeness (QED) is 0.604. The number of hydrogen-bond acceptors (Lipinski definition) is 3. The standard InChI is InChI=1S/C14H19BrO2S/c1-9(2)18-12-7-6-10(8-11(12)15)14(3,4)13(16)17-5/h6-9H,1-5H3. The first-order valence-electron chi connectivity index (χ1n) is 5.84. The van der Waals surface area contributed by atoms with Crippen molar-refractivity contribution in [3.8, 4) is 0 Å². The number of methoxy groups -OCH3 is 1. The lowest BCUT2D eigenvalue weighted by molar-refractivity contribution is -0.146. The Labute approximate surface area is 122 Å². The van der Waals surface area contributed by atoms with Gasteiger partial charge in [0.15, 0.2) is 0 Å². The van der Waals surface area contributed by atoms with Gasteiger partial charge in [-0.2, -0.15) is 0 Å². The van der Waals surface area contributed by atoms with Crippen LogP contribution >= 0.6 is 27.7 Å². The molecule has 2 nitrogen and oxygen atoms in total. The van der Waals surface area contributed by atoms with E-state index < -0.39 is 5.41 Å². The molecule has 0 unspecified atom stereocenters. The first-order valence-corrected chi connectivity index (χ1v) is 7.51. The largest absolute Gasteiger partial charge is 0.468 e. The van der Waals surface area contributed by atoms with Crippen LogP contribution < -0.4 is 0 Å². The Balaban J connectivity index is 3.07. The van der Waals surface area contributed by atoms with E-state index in [2.05, 4.69) is 35.8 Å². The number of halogens is 1. The monoisotopic (exact) mass is 330 g/mol. The number of esters is 1. The van der Waals surface area contributed by atoms with Gasteiger partial charge in [-0.05, 0) is 47.5 Å². The molecule has 1 aromatic carbocycles. The molecule has 0 aliphatic heterocycles. The second-order valence-electron chi connectivity index (χ2n) is 4.93. The number of benzene rings is 1. The van der Waals surface area contributed by atoms with Crippen LogP contribution in [0.2, 0.25) is 0 Å². The average Bonchev–Trinajstić information content (AvgIpc) is 2.29. The maximum absolute atomic E-state index is 11.8. The molecule has 1 rings (SSSR count). The molecule has 0 spiro atoms. The van der Waals surface area contributed by atoms with Crippen LogP contribution in [0.5, 0.6) is 0 Å². The summed E-state index contributed by atoms with van der Waals surface area (Å²) < 4.78 is 5.87. The zero-order chi connectivity index (χ0) is 13.9. The first-order chi connectivity index (χ1) is 8.28. The molecular weight excluding hydrogens is 312 g/mol. The van der Waals surface area contributed by atoms with Crippen LogP contribution in [-0.4, -0.2) is 18.3 Å². The van der Waals surface area contributed by atoms with Gasteiger partial charge in [-0.1, -0.05) is 19.9 Å². The van der Waals surface area contributed by atoms with Gasteiger partial charge in [0.1, 0.15) is 0 Å². The summed E-state index contributed by atoms with van der Waals surface area (Å²) >= 11 is 5.36. The molecule has 0 radical (unpaired) electrons. The van der Waals surface area contributed by atoms with Crippen molar-refractivity contribution in [2.24, 2.45) is 0 Å². The highest BCUT2D eigenvalue weighted by Crippen LogP contribution is 2.34. The van der Waals surface area contributed by atoms with Gasteiger partial charge in [0.25, 0.3) is 0 Å². The van der Waals surface area contributed by atoms with Crippen LogP contribution in [0.1, 0.15) is 33.3 Å². The Kier molecular flexibility index (Phi) is 5.29. The van der Waals surface area contributed by atoms with E-state index in [9.17, 15) is 4.79 Å². The second-order valence-corrected chi connectivity index (χ2v) is 7.40. The van der Waals surface area contributed by atoms with Gasteiger partial charge in [0, 0.05) is 14.6 Å². The van der Waals surface area contributed by atoms with Crippen molar-refractivity contribution in [1.82, 2.24) is 0 Å². The van der Waals surface area contributed by atoms with Crippen LogP contribution in [0.25, 0.3) is 0 Å². The van der Waals surface area contributed by atoms with E-state index in [0.29, 0.717) is 5.25 Å². The summed E-state index contributed by atoms with van der Waals surface area (Å²) in [4.78, 5) is 13.0. The summed E-state index contributed by atoms with van der Waals surface area (Å²) in [6, 6.07) is 6.04. The van der Waals surface area contributed by atoms with Gasteiger partial charge >= 0.3 is 5.97 Å². The normalized spacial score (nSPS) is 11.7. The highest BCUT2D eigenvalue weighted by molar-refractivity contribution is 9.10. The SMILES string of the molecule is COC(=O)C(C)(C)c1ccc(SC(C)C)c(Br)c1. The number of carbonyl (C=O) groups excluding carboxylic acids is 1. The van der Waals surface area contributed by atoms with Crippen molar-refractivity contribution < 1.29 is 9.53 Å². The van der Waals surface area contributed by atoms with Gasteiger partial charge < -0.3 is 4.74 Å². The topological polar surface area (TPSA) is 26.3 Å². The molecule has 0 heterocycles. The number of hydrogen-bond donors (Lipinski definition) is 0. The number of rotatable bonds is 4. The van der Waals surface area contributed by atoms with Crippen LogP contribution in [0, 0.1) is 0 Å². The summed E-state index contributed by atoms with van der Waals surface area (Å²) in [6.45, 7) is 8.05. The molecule has 4 heteroatoms. The number of carbonyl (C=O) groups is 1. The van der Waals surface area contributed by atoms with Gasteiger partial charge in [-0.25, -0.2) is 0 Å². The number of thioether (sulfide) groups is 1. The molecule has 0 aromatic heterocycles. The molecule has 0 aliphatic carbocycles. The zero-order valence-electron chi connectivity index (χ0n) is 11.4.